The molecule has 0 spiro atoms. The summed E-state index contributed by atoms with van der Waals surface area (Å²) in [7, 11) is 0. The maximum atomic E-state index is 6.04. The van der Waals surface area contributed by atoms with Crippen LogP contribution in [0.2, 0.25) is 0 Å². The molecule has 0 amide bonds. The Bertz CT molecular complexity index is 583. The van der Waals surface area contributed by atoms with Crippen molar-refractivity contribution < 1.29 is 18.9 Å². The molecule has 6 nitrogen and oxygen atoms in total. The number of hydrogen-bond acceptors (Lipinski definition) is 6. The van der Waals surface area contributed by atoms with Gasteiger partial charge >= 0.3 is 0 Å². The maximum Gasteiger partial charge on any atom is 0.139 e. The fourth-order valence-electron chi connectivity index (χ4n) is 4.23. The molecule has 4 aliphatic heterocycles. The van der Waals surface area contributed by atoms with Crippen LogP contribution in [0.4, 0.5) is 0 Å². The van der Waals surface area contributed by atoms with Gasteiger partial charge in [0.2, 0.25) is 0 Å². The monoisotopic (exact) mass is 332 g/mol. The minimum absolute atomic E-state index is 0.00655. The summed E-state index contributed by atoms with van der Waals surface area (Å²) in [5, 5.41) is 0. The van der Waals surface area contributed by atoms with E-state index < -0.39 is 0 Å². The van der Waals surface area contributed by atoms with E-state index in [0.29, 0.717) is 26.7 Å². The lowest BCUT2D eigenvalue weighted by atomic mass is 10.0. The largest absolute Gasteiger partial charge is 0.364 e. The molecule has 5 rings (SSSR count). The van der Waals surface area contributed by atoms with Crippen LogP contribution in [0.3, 0.4) is 0 Å². The summed E-state index contributed by atoms with van der Waals surface area (Å²) in [6, 6.07) is 8.61. The molecule has 4 aliphatic rings. The van der Waals surface area contributed by atoms with Gasteiger partial charge in [-0.1, -0.05) is 24.3 Å². The Kier molecular flexibility index (Phi) is 3.33. The van der Waals surface area contributed by atoms with Crippen molar-refractivity contribution in [3.05, 3.63) is 35.4 Å². The lowest BCUT2D eigenvalue weighted by molar-refractivity contribution is -0.00840. The molecule has 0 aliphatic carbocycles. The third-order valence-corrected chi connectivity index (χ3v) is 5.85. The van der Waals surface area contributed by atoms with Gasteiger partial charge in [0.05, 0.1) is 37.5 Å². The SMILES string of the molecule is C[C@@]12COCN1[C@@H](c1ccc([C@@H]3OC[C@@]4(C)COCN34)cc1)OC2. The van der Waals surface area contributed by atoms with Gasteiger partial charge in [-0.3, -0.25) is 0 Å². The van der Waals surface area contributed by atoms with Crippen LogP contribution in [0.1, 0.15) is 37.4 Å². The van der Waals surface area contributed by atoms with Crippen molar-refractivity contribution in [1.29, 1.82) is 0 Å². The number of ether oxygens (including phenoxy) is 4. The second-order valence-corrected chi connectivity index (χ2v) is 7.88. The molecule has 4 heterocycles. The van der Waals surface area contributed by atoms with Gasteiger partial charge in [-0.15, -0.1) is 0 Å². The van der Waals surface area contributed by atoms with Crippen LogP contribution in [0.25, 0.3) is 0 Å². The topological polar surface area (TPSA) is 43.4 Å². The van der Waals surface area contributed by atoms with Crippen LogP contribution in [0.5, 0.6) is 0 Å². The Morgan fingerprint density at radius 2 is 1.17 bits per heavy atom. The molecule has 4 fully saturated rings. The second kappa shape index (κ2) is 5.24. The molecule has 0 N–H and O–H groups in total. The second-order valence-electron chi connectivity index (χ2n) is 7.88. The van der Waals surface area contributed by atoms with Gasteiger partial charge in [-0.25, -0.2) is 9.80 Å². The minimum atomic E-state index is -0.0172. The first-order valence-electron chi connectivity index (χ1n) is 8.61. The maximum absolute atomic E-state index is 6.04. The van der Waals surface area contributed by atoms with Crippen LogP contribution in [-0.2, 0) is 18.9 Å². The van der Waals surface area contributed by atoms with Crippen LogP contribution in [-0.4, -0.2) is 60.8 Å². The number of fused-ring (bicyclic) bond motifs is 2. The number of rotatable bonds is 2. The van der Waals surface area contributed by atoms with Crippen LogP contribution in [0.15, 0.2) is 24.3 Å². The van der Waals surface area contributed by atoms with E-state index in [4.69, 9.17) is 18.9 Å². The molecule has 0 bridgehead atoms. The van der Waals surface area contributed by atoms with Crippen molar-refractivity contribution in [2.75, 3.05) is 39.9 Å². The molecule has 130 valence electrons. The van der Waals surface area contributed by atoms with Crippen molar-refractivity contribution in [3.8, 4) is 0 Å². The van der Waals surface area contributed by atoms with Crippen LogP contribution < -0.4 is 0 Å². The number of benzene rings is 1. The van der Waals surface area contributed by atoms with Crippen LogP contribution in [0, 0.1) is 0 Å². The predicted octanol–water partition coefficient (Wildman–Crippen LogP) is 1.84. The van der Waals surface area contributed by atoms with Crippen molar-refractivity contribution in [2.45, 2.75) is 37.4 Å². The van der Waals surface area contributed by atoms with E-state index >= 15 is 0 Å². The van der Waals surface area contributed by atoms with Crippen molar-refractivity contribution in [3.63, 3.8) is 0 Å². The molecule has 4 saturated heterocycles. The number of nitrogens with zero attached hydrogens (tertiary/aromatic N) is 2. The summed E-state index contributed by atoms with van der Waals surface area (Å²) in [6.45, 7) is 8.60. The predicted molar refractivity (Wildman–Crippen MR) is 86.0 cm³/mol. The van der Waals surface area contributed by atoms with E-state index in [2.05, 4.69) is 47.9 Å². The highest BCUT2D eigenvalue weighted by Crippen LogP contribution is 2.42. The van der Waals surface area contributed by atoms with Gasteiger partial charge in [-0.05, 0) is 25.0 Å². The smallest absolute Gasteiger partial charge is 0.139 e. The first-order valence-corrected chi connectivity index (χ1v) is 8.61. The van der Waals surface area contributed by atoms with E-state index in [1.807, 2.05) is 0 Å². The quantitative estimate of drug-likeness (QED) is 0.823. The van der Waals surface area contributed by atoms with E-state index in [1.165, 1.54) is 11.1 Å². The Morgan fingerprint density at radius 3 is 1.58 bits per heavy atom. The van der Waals surface area contributed by atoms with Crippen molar-refractivity contribution in [2.24, 2.45) is 0 Å². The standard InChI is InChI=1S/C18H24N2O4/c1-17-7-21-11-19(17)15(23-9-17)13-3-5-14(6-4-13)16-20-12-22-8-18(20,2)10-24-16/h3-6,15-16H,7-12H2,1-2H3/t15-,16+,17+,18-. The van der Waals surface area contributed by atoms with Gasteiger partial charge < -0.3 is 18.9 Å². The average molecular weight is 332 g/mol. The molecule has 24 heavy (non-hydrogen) atoms. The zero-order chi connectivity index (χ0) is 16.4. The summed E-state index contributed by atoms with van der Waals surface area (Å²) in [6.07, 6.45) is -0.0344. The summed E-state index contributed by atoms with van der Waals surface area (Å²) in [4.78, 5) is 4.61. The highest BCUT2D eigenvalue weighted by atomic mass is 16.6. The first-order chi connectivity index (χ1) is 11.6. The Labute approximate surface area is 142 Å². The molecule has 0 unspecified atom stereocenters. The minimum Gasteiger partial charge on any atom is -0.364 e. The molecular weight excluding hydrogens is 308 g/mol. The normalized spacial score (nSPS) is 42.6. The molecule has 0 saturated carbocycles. The lowest BCUT2D eigenvalue weighted by Crippen LogP contribution is -2.40. The molecule has 4 atom stereocenters. The third-order valence-electron chi connectivity index (χ3n) is 5.85. The summed E-state index contributed by atoms with van der Waals surface area (Å²) in [5.74, 6) is 0. The fraction of sp³-hybridized carbons (Fsp3) is 0.667. The van der Waals surface area contributed by atoms with Crippen molar-refractivity contribution >= 4 is 0 Å². The van der Waals surface area contributed by atoms with Crippen molar-refractivity contribution in [1.82, 2.24) is 9.80 Å². The Morgan fingerprint density at radius 1 is 0.750 bits per heavy atom. The molecule has 6 heteroatoms. The van der Waals surface area contributed by atoms with Gasteiger partial charge in [0.15, 0.2) is 0 Å². The van der Waals surface area contributed by atoms with Gasteiger partial charge in [0, 0.05) is 0 Å². The van der Waals surface area contributed by atoms with Crippen LogP contribution >= 0.6 is 0 Å². The molecule has 1 aromatic carbocycles. The zero-order valence-electron chi connectivity index (χ0n) is 14.2. The fourth-order valence-corrected chi connectivity index (χ4v) is 4.23. The van der Waals surface area contributed by atoms with E-state index in [9.17, 15) is 0 Å². The van der Waals surface area contributed by atoms with Gasteiger partial charge in [0.25, 0.3) is 0 Å². The van der Waals surface area contributed by atoms with Gasteiger partial charge in [-0.2, -0.15) is 0 Å². The first kappa shape index (κ1) is 15.3. The molecule has 0 radical (unpaired) electrons. The lowest BCUT2D eigenvalue weighted by Gasteiger charge is -2.28. The highest BCUT2D eigenvalue weighted by molar-refractivity contribution is 5.27. The zero-order valence-corrected chi connectivity index (χ0v) is 14.2. The molecular formula is C18H24N2O4. The van der Waals surface area contributed by atoms with Gasteiger partial charge in [0.1, 0.15) is 25.9 Å². The highest BCUT2D eigenvalue weighted by Gasteiger charge is 2.50. The summed E-state index contributed by atoms with van der Waals surface area (Å²) < 4.78 is 23.4. The number of hydrogen-bond donors (Lipinski definition) is 0. The Hall–Kier alpha value is -1.02. The molecule has 1 aromatic rings. The summed E-state index contributed by atoms with van der Waals surface area (Å²) >= 11 is 0. The summed E-state index contributed by atoms with van der Waals surface area (Å²) in [5.41, 5.74) is 2.36. The molecule has 0 aromatic heterocycles. The third kappa shape index (κ3) is 2.11. The Balaban J connectivity index is 1.37. The van der Waals surface area contributed by atoms with E-state index in [1.54, 1.807) is 0 Å². The van der Waals surface area contributed by atoms with E-state index in [0.717, 1.165) is 13.2 Å². The van der Waals surface area contributed by atoms with E-state index in [-0.39, 0.29) is 23.5 Å². The average Bonchev–Trinajstić information content (AvgIpc) is 3.27.